The van der Waals surface area contributed by atoms with Crippen molar-refractivity contribution in [1.82, 2.24) is 15.1 Å². The number of carbonyl (C=O) groups is 2. The lowest BCUT2D eigenvalue weighted by Gasteiger charge is -2.27. The van der Waals surface area contributed by atoms with Gasteiger partial charge in [-0.1, -0.05) is 32.9 Å². The molecule has 1 amide bonds. The fourth-order valence-corrected chi connectivity index (χ4v) is 3.50. The predicted molar refractivity (Wildman–Crippen MR) is 114 cm³/mol. The summed E-state index contributed by atoms with van der Waals surface area (Å²) < 4.78 is 10.8. The number of aromatic amines is 1. The summed E-state index contributed by atoms with van der Waals surface area (Å²) in [5.74, 6) is 0.425. The third-order valence-corrected chi connectivity index (χ3v) is 5.28. The van der Waals surface area contributed by atoms with Crippen LogP contribution in [0, 0.1) is 0 Å². The first-order chi connectivity index (χ1) is 14.3. The number of H-pyrrole nitrogens is 1. The van der Waals surface area contributed by atoms with Crippen molar-refractivity contribution >= 4 is 11.9 Å². The van der Waals surface area contributed by atoms with Crippen LogP contribution in [0.1, 0.15) is 67.8 Å². The van der Waals surface area contributed by atoms with Crippen LogP contribution in [-0.2, 0) is 27.9 Å². The third kappa shape index (κ3) is 5.20. The maximum Gasteiger partial charge on any atom is 0.359 e. The number of nitrogens with zero attached hydrogens (tertiary/aromatic N) is 2. The van der Waals surface area contributed by atoms with Gasteiger partial charge in [-0.25, -0.2) is 4.79 Å². The molecule has 0 aliphatic carbocycles. The highest BCUT2D eigenvalue weighted by Crippen LogP contribution is 2.25. The fourth-order valence-electron chi connectivity index (χ4n) is 3.50. The highest BCUT2D eigenvalue weighted by atomic mass is 16.5. The molecule has 1 aliphatic rings. The van der Waals surface area contributed by atoms with E-state index in [0.717, 1.165) is 17.0 Å². The van der Waals surface area contributed by atoms with Crippen molar-refractivity contribution in [2.24, 2.45) is 0 Å². The van der Waals surface area contributed by atoms with Crippen molar-refractivity contribution in [1.29, 1.82) is 0 Å². The van der Waals surface area contributed by atoms with Gasteiger partial charge in [-0.3, -0.25) is 9.89 Å². The average Bonchev–Trinajstić information content (AvgIpc) is 3.14. The fraction of sp³-hybridized carbons (Fsp3) is 0.522. The van der Waals surface area contributed by atoms with Gasteiger partial charge in [0.1, 0.15) is 5.75 Å². The van der Waals surface area contributed by atoms with Crippen LogP contribution >= 0.6 is 0 Å². The summed E-state index contributed by atoms with van der Waals surface area (Å²) in [5, 5.41) is 6.98. The van der Waals surface area contributed by atoms with Gasteiger partial charge in [0.2, 0.25) is 5.91 Å². The van der Waals surface area contributed by atoms with Gasteiger partial charge in [-0.15, -0.1) is 0 Å². The lowest BCUT2D eigenvalue weighted by atomic mass is 9.87. The van der Waals surface area contributed by atoms with E-state index < -0.39 is 5.97 Å². The molecular weight excluding hydrogens is 382 g/mol. The number of nitrogens with one attached hydrogen (secondary N) is 1. The lowest BCUT2D eigenvalue weighted by molar-refractivity contribution is -0.132. The Kier molecular flexibility index (Phi) is 6.80. The minimum Gasteiger partial charge on any atom is -0.494 e. The number of hydrogen-bond donors (Lipinski definition) is 1. The molecule has 0 fully saturated rings. The van der Waals surface area contributed by atoms with Gasteiger partial charge < -0.3 is 14.4 Å². The van der Waals surface area contributed by atoms with Crippen LogP contribution in [-0.4, -0.2) is 46.7 Å². The van der Waals surface area contributed by atoms with Crippen LogP contribution in [0.4, 0.5) is 0 Å². The summed E-state index contributed by atoms with van der Waals surface area (Å²) in [5.41, 5.74) is 3.33. The van der Waals surface area contributed by atoms with Gasteiger partial charge in [0.15, 0.2) is 5.69 Å². The monoisotopic (exact) mass is 413 g/mol. The lowest BCUT2D eigenvalue weighted by Crippen LogP contribution is -2.36. The highest BCUT2D eigenvalue weighted by Gasteiger charge is 2.28. The molecule has 0 saturated heterocycles. The Balaban J connectivity index is 1.47. The van der Waals surface area contributed by atoms with E-state index in [9.17, 15) is 9.59 Å². The summed E-state index contributed by atoms with van der Waals surface area (Å²) in [7, 11) is 0. The SMILES string of the molecule is CCOC(=O)c1n[nH]c2c1CN(C(=O)CCCOc1ccc(C(C)(C)C)cc1)CC2. The zero-order chi connectivity index (χ0) is 21.7. The first-order valence-corrected chi connectivity index (χ1v) is 10.5. The van der Waals surface area contributed by atoms with Gasteiger partial charge in [-0.05, 0) is 36.5 Å². The van der Waals surface area contributed by atoms with Crippen molar-refractivity contribution in [2.75, 3.05) is 19.8 Å². The summed E-state index contributed by atoms with van der Waals surface area (Å²) >= 11 is 0. The Morgan fingerprint density at radius 1 is 1.20 bits per heavy atom. The molecule has 0 unspecified atom stereocenters. The second-order valence-electron chi connectivity index (χ2n) is 8.54. The molecule has 162 valence electrons. The summed E-state index contributed by atoms with van der Waals surface area (Å²) in [6, 6.07) is 8.12. The number of amides is 1. The minimum atomic E-state index is -0.449. The Morgan fingerprint density at radius 2 is 1.93 bits per heavy atom. The summed E-state index contributed by atoms with van der Waals surface area (Å²) in [4.78, 5) is 26.5. The molecule has 1 aliphatic heterocycles. The van der Waals surface area contributed by atoms with Crippen molar-refractivity contribution in [3.63, 3.8) is 0 Å². The van der Waals surface area contributed by atoms with E-state index in [2.05, 4.69) is 43.1 Å². The van der Waals surface area contributed by atoms with E-state index in [1.165, 1.54) is 5.56 Å². The Labute approximate surface area is 177 Å². The second-order valence-corrected chi connectivity index (χ2v) is 8.54. The molecule has 1 N–H and O–H groups in total. The van der Waals surface area contributed by atoms with Crippen LogP contribution in [0.3, 0.4) is 0 Å². The molecule has 2 heterocycles. The number of aromatic nitrogens is 2. The number of benzene rings is 1. The van der Waals surface area contributed by atoms with Crippen molar-refractivity contribution in [3.05, 3.63) is 46.8 Å². The first kappa shape index (κ1) is 21.9. The number of ether oxygens (including phenoxy) is 2. The molecule has 2 aromatic rings. The zero-order valence-corrected chi connectivity index (χ0v) is 18.3. The zero-order valence-electron chi connectivity index (χ0n) is 18.3. The highest BCUT2D eigenvalue weighted by molar-refractivity contribution is 5.89. The Hall–Kier alpha value is -2.83. The quantitative estimate of drug-likeness (QED) is 0.553. The van der Waals surface area contributed by atoms with E-state index in [4.69, 9.17) is 9.47 Å². The second kappa shape index (κ2) is 9.32. The standard InChI is InChI=1S/C23H31N3O4/c1-5-29-22(28)21-18-15-26(13-12-19(18)24-25-21)20(27)7-6-14-30-17-10-8-16(9-11-17)23(2,3)4/h8-11H,5-7,12-15H2,1-4H3,(H,24,25). The molecule has 0 saturated carbocycles. The number of carbonyl (C=O) groups excluding carboxylic acids is 2. The van der Waals surface area contributed by atoms with Gasteiger partial charge in [0, 0.05) is 37.2 Å². The van der Waals surface area contributed by atoms with Crippen molar-refractivity contribution in [2.45, 2.75) is 58.9 Å². The molecule has 0 spiro atoms. The van der Waals surface area contributed by atoms with E-state index in [1.54, 1.807) is 11.8 Å². The van der Waals surface area contributed by atoms with Gasteiger partial charge >= 0.3 is 5.97 Å². The Morgan fingerprint density at radius 3 is 2.60 bits per heavy atom. The third-order valence-electron chi connectivity index (χ3n) is 5.28. The van der Waals surface area contributed by atoms with Gasteiger partial charge in [0.25, 0.3) is 0 Å². The normalized spacial score (nSPS) is 13.7. The number of fused-ring (bicyclic) bond motifs is 1. The van der Waals surface area contributed by atoms with Crippen LogP contribution in [0.15, 0.2) is 24.3 Å². The molecular formula is C23H31N3O4. The first-order valence-electron chi connectivity index (χ1n) is 10.5. The van der Waals surface area contributed by atoms with Crippen molar-refractivity contribution < 1.29 is 19.1 Å². The molecule has 7 nitrogen and oxygen atoms in total. The summed E-state index contributed by atoms with van der Waals surface area (Å²) in [6.45, 7) is 10.1. The van der Waals surface area contributed by atoms with E-state index in [0.29, 0.717) is 45.6 Å². The molecule has 1 aromatic carbocycles. The number of esters is 1. The van der Waals surface area contributed by atoms with E-state index in [-0.39, 0.29) is 17.0 Å². The van der Waals surface area contributed by atoms with Gasteiger partial charge in [-0.2, -0.15) is 5.10 Å². The van der Waals surface area contributed by atoms with Gasteiger partial charge in [0.05, 0.1) is 13.2 Å². The maximum absolute atomic E-state index is 12.6. The molecule has 0 radical (unpaired) electrons. The smallest absolute Gasteiger partial charge is 0.359 e. The van der Waals surface area contributed by atoms with E-state index in [1.807, 2.05) is 12.1 Å². The predicted octanol–water partition coefficient (Wildman–Crippen LogP) is 3.63. The minimum absolute atomic E-state index is 0.0586. The number of hydrogen-bond acceptors (Lipinski definition) is 5. The van der Waals surface area contributed by atoms with Crippen LogP contribution in [0.2, 0.25) is 0 Å². The molecule has 7 heteroatoms. The summed E-state index contributed by atoms with van der Waals surface area (Å²) in [6.07, 6.45) is 1.70. The van der Waals surface area contributed by atoms with E-state index >= 15 is 0 Å². The molecule has 1 aromatic heterocycles. The van der Waals surface area contributed by atoms with Crippen LogP contribution in [0.25, 0.3) is 0 Å². The van der Waals surface area contributed by atoms with Crippen LogP contribution in [0.5, 0.6) is 5.75 Å². The maximum atomic E-state index is 12.6. The van der Waals surface area contributed by atoms with Crippen LogP contribution < -0.4 is 4.74 Å². The van der Waals surface area contributed by atoms with Crippen molar-refractivity contribution in [3.8, 4) is 5.75 Å². The largest absolute Gasteiger partial charge is 0.494 e. The molecule has 0 atom stereocenters. The molecule has 3 rings (SSSR count). The topological polar surface area (TPSA) is 84.5 Å². The number of rotatable bonds is 7. The molecule has 30 heavy (non-hydrogen) atoms. The average molecular weight is 414 g/mol. The Bertz CT molecular complexity index is 881. The molecule has 0 bridgehead atoms.